The molecule has 0 bridgehead atoms. The summed E-state index contributed by atoms with van der Waals surface area (Å²) in [4.78, 5) is 28.7. The van der Waals surface area contributed by atoms with Crippen LogP contribution in [0.4, 0.5) is 0 Å². The van der Waals surface area contributed by atoms with Crippen molar-refractivity contribution in [1.29, 1.82) is 0 Å². The molecule has 1 aliphatic rings. The Labute approximate surface area is 109 Å². The first-order chi connectivity index (χ1) is 8.50. The van der Waals surface area contributed by atoms with E-state index in [1.54, 1.807) is 6.07 Å². The summed E-state index contributed by atoms with van der Waals surface area (Å²) in [5, 5.41) is 9.57. The third kappa shape index (κ3) is 2.31. The first-order valence-electron chi connectivity index (χ1n) is 5.66. The van der Waals surface area contributed by atoms with Crippen LogP contribution in [0.25, 0.3) is 0 Å². The lowest BCUT2D eigenvalue weighted by Gasteiger charge is -2.22. The smallest absolute Gasteiger partial charge is 0.326 e. The summed E-state index contributed by atoms with van der Waals surface area (Å²) < 4.78 is 0. The summed E-state index contributed by atoms with van der Waals surface area (Å²) in [6.45, 7) is 2.27. The molecule has 2 unspecified atom stereocenters. The Morgan fingerprint density at radius 3 is 2.89 bits per heavy atom. The van der Waals surface area contributed by atoms with Gasteiger partial charge in [0.2, 0.25) is 0 Å². The molecule has 1 fully saturated rings. The second-order valence-corrected chi connectivity index (χ2v) is 4.84. The van der Waals surface area contributed by atoms with E-state index in [9.17, 15) is 9.59 Å². The van der Waals surface area contributed by atoms with Crippen molar-refractivity contribution in [3.8, 4) is 0 Å². The number of carbonyl (C=O) groups is 2. The third-order valence-electron chi connectivity index (χ3n) is 3.16. The number of carbonyl (C=O) groups excluding carboxylic acids is 1. The number of rotatable bonds is 2. The third-order valence-corrected chi connectivity index (χ3v) is 3.39. The summed E-state index contributed by atoms with van der Waals surface area (Å²) in [5.74, 6) is -1.41. The highest BCUT2D eigenvalue weighted by Crippen LogP contribution is 2.25. The van der Waals surface area contributed by atoms with E-state index >= 15 is 0 Å². The fourth-order valence-corrected chi connectivity index (χ4v) is 2.38. The zero-order valence-electron chi connectivity index (χ0n) is 9.84. The van der Waals surface area contributed by atoms with Crippen molar-refractivity contribution in [2.24, 2.45) is 5.92 Å². The predicted octanol–water partition coefficient (Wildman–Crippen LogP) is 1.67. The predicted molar refractivity (Wildman–Crippen MR) is 65.5 cm³/mol. The molecule has 0 spiro atoms. The van der Waals surface area contributed by atoms with E-state index in [0.29, 0.717) is 18.0 Å². The zero-order chi connectivity index (χ0) is 13.3. The van der Waals surface area contributed by atoms with Gasteiger partial charge in [-0.1, -0.05) is 18.5 Å². The minimum absolute atomic E-state index is 0.0503. The second kappa shape index (κ2) is 4.94. The van der Waals surface area contributed by atoms with E-state index in [2.05, 4.69) is 4.98 Å². The van der Waals surface area contributed by atoms with Gasteiger partial charge in [-0.05, 0) is 24.5 Å². The van der Waals surface area contributed by atoms with E-state index in [0.717, 1.165) is 0 Å². The molecule has 6 heteroatoms. The van der Waals surface area contributed by atoms with Gasteiger partial charge in [0.1, 0.15) is 11.7 Å². The maximum absolute atomic E-state index is 12.2. The van der Waals surface area contributed by atoms with Crippen molar-refractivity contribution in [3.63, 3.8) is 0 Å². The molecule has 1 amide bonds. The molecule has 18 heavy (non-hydrogen) atoms. The van der Waals surface area contributed by atoms with Gasteiger partial charge in [-0.2, -0.15) is 0 Å². The molecule has 1 aromatic heterocycles. The fraction of sp³-hybridized carbons (Fsp3) is 0.417. The Balaban J connectivity index is 2.26. The minimum atomic E-state index is -0.977. The number of halogens is 1. The molecule has 1 aliphatic heterocycles. The largest absolute Gasteiger partial charge is 0.480 e. The van der Waals surface area contributed by atoms with Gasteiger partial charge >= 0.3 is 5.97 Å². The molecule has 1 N–H and O–H groups in total. The summed E-state index contributed by atoms with van der Waals surface area (Å²) in [6.07, 6.45) is 2.12. The molecule has 0 radical (unpaired) electrons. The van der Waals surface area contributed by atoms with E-state index < -0.39 is 12.0 Å². The molecule has 0 aromatic carbocycles. The van der Waals surface area contributed by atoms with Crippen LogP contribution in [0.2, 0.25) is 5.02 Å². The summed E-state index contributed by atoms with van der Waals surface area (Å²) >= 11 is 5.80. The van der Waals surface area contributed by atoms with E-state index in [1.807, 2.05) is 6.92 Å². The maximum Gasteiger partial charge on any atom is 0.326 e. The number of pyridine rings is 1. The van der Waals surface area contributed by atoms with Gasteiger partial charge in [-0.25, -0.2) is 4.79 Å². The highest BCUT2D eigenvalue weighted by Gasteiger charge is 2.40. The molecule has 0 aliphatic carbocycles. The molecule has 1 saturated heterocycles. The lowest BCUT2D eigenvalue weighted by Crippen LogP contribution is -2.43. The standard InChI is InChI=1S/C12H13ClN2O3/c1-7-3-5-15(10(7)12(17)18)11(16)9-6-8(13)2-4-14-9/h2,4,6-7,10H,3,5H2,1H3,(H,17,18). The maximum atomic E-state index is 12.2. The molecule has 2 heterocycles. The molecular formula is C12H13ClN2O3. The van der Waals surface area contributed by atoms with Crippen LogP contribution in [-0.4, -0.2) is 39.5 Å². The number of carboxylic acids is 1. The zero-order valence-corrected chi connectivity index (χ0v) is 10.6. The van der Waals surface area contributed by atoms with Crippen molar-refractivity contribution in [3.05, 3.63) is 29.0 Å². The normalized spacial score (nSPS) is 23.1. The van der Waals surface area contributed by atoms with Gasteiger partial charge in [-0.3, -0.25) is 9.78 Å². The van der Waals surface area contributed by atoms with Crippen molar-refractivity contribution < 1.29 is 14.7 Å². The van der Waals surface area contributed by atoms with Gasteiger partial charge in [-0.15, -0.1) is 0 Å². The number of amides is 1. The lowest BCUT2D eigenvalue weighted by molar-refractivity contribution is -0.142. The number of hydrogen-bond acceptors (Lipinski definition) is 3. The van der Waals surface area contributed by atoms with Crippen LogP contribution in [-0.2, 0) is 4.79 Å². The molecule has 1 aromatic rings. The molecule has 2 rings (SSSR count). The lowest BCUT2D eigenvalue weighted by atomic mass is 10.0. The molecule has 2 atom stereocenters. The van der Waals surface area contributed by atoms with Crippen LogP contribution in [0.15, 0.2) is 18.3 Å². The number of carboxylic acid groups (broad SMARTS) is 1. The fourth-order valence-electron chi connectivity index (χ4n) is 2.22. The van der Waals surface area contributed by atoms with Gasteiger partial charge in [0.15, 0.2) is 0 Å². The van der Waals surface area contributed by atoms with Gasteiger partial charge in [0.25, 0.3) is 5.91 Å². The Morgan fingerprint density at radius 2 is 2.28 bits per heavy atom. The molecular weight excluding hydrogens is 256 g/mol. The molecule has 5 nitrogen and oxygen atoms in total. The summed E-state index contributed by atoms with van der Waals surface area (Å²) in [5.41, 5.74) is 0.183. The topological polar surface area (TPSA) is 70.5 Å². The monoisotopic (exact) mass is 268 g/mol. The average Bonchev–Trinajstić information content (AvgIpc) is 2.70. The average molecular weight is 269 g/mol. The first-order valence-corrected chi connectivity index (χ1v) is 6.04. The van der Waals surface area contributed by atoms with E-state index in [1.165, 1.54) is 17.2 Å². The van der Waals surface area contributed by atoms with Crippen molar-refractivity contribution in [2.45, 2.75) is 19.4 Å². The summed E-state index contributed by atoms with van der Waals surface area (Å²) in [6, 6.07) is 2.24. The van der Waals surface area contributed by atoms with Crippen molar-refractivity contribution in [2.75, 3.05) is 6.54 Å². The van der Waals surface area contributed by atoms with Crippen molar-refractivity contribution >= 4 is 23.5 Å². The van der Waals surface area contributed by atoms with Crippen LogP contribution in [0.3, 0.4) is 0 Å². The first kappa shape index (κ1) is 12.8. The second-order valence-electron chi connectivity index (χ2n) is 4.41. The van der Waals surface area contributed by atoms with Crippen LogP contribution >= 0.6 is 11.6 Å². The van der Waals surface area contributed by atoms with Crippen LogP contribution in [0, 0.1) is 5.92 Å². The van der Waals surface area contributed by atoms with Crippen LogP contribution in [0.1, 0.15) is 23.8 Å². The number of aromatic nitrogens is 1. The van der Waals surface area contributed by atoms with Crippen molar-refractivity contribution in [1.82, 2.24) is 9.88 Å². The van der Waals surface area contributed by atoms with Gasteiger partial charge in [0, 0.05) is 17.8 Å². The summed E-state index contributed by atoms with van der Waals surface area (Å²) in [7, 11) is 0. The number of aliphatic carboxylic acids is 1. The van der Waals surface area contributed by atoms with Gasteiger partial charge in [0.05, 0.1) is 0 Å². The molecule has 96 valence electrons. The highest BCUT2D eigenvalue weighted by molar-refractivity contribution is 6.30. The van der Waals surface area contributed by atoms with Crippen LogP contribution in [0.5, 0.6) is 0 Å². The quantitative estimate of drug-likeness (QED) is 0.886. The molecule has 0 saturated carbocycles. The minimum Gasteiger partial charge on any atom is -0.480 e. The Bertz CT molecular complexity index is 492. The van der Waals surface area contributed by atoms with Gasteiger partial charge < -0.3 is 10.0 Å². The highest BCUT2D eigenvalue weighted by atomic mass is 35.5. The Morgan fingerprint density at radius 1 is 1.56 bits per heavy atom. The van der Waals surface area contributed by atoms with E-state index in [-0.39, 0.29) is 17.5 Å². The Kier molecular flexibility index (Phi) is 3.52. The Hall–Kier alpha value is -1.62. The van der Waals surface area contributed by atoms with E-state index in [4.69, 9.17) is 16.7 Å². The van der Waals surface area contributed by atoms with Crippen LogP contribution < -0.4 is 0 Å². The SMILES string of the molecule is CC1CCN(C(=O)c2cc(Cl)ccn2)C1C(=O)O. The number of hydrogen-bond donors (Lipinski definition) is 1. The number of nitrogens with zero attached hydrogens (tertiary/aromatic N) is 2. The number of likely N-dealkylation sites (tertiary alicyclic amines) is 1.